The van der Waals surface area contributed by atoms with E-state index in [4.69, 9.17) is 9.47 Å². The number of allylic oxidation sites excluding steroid dienone is 4. The zero-order chi connectivity index (χ0) is 18.8. The van der Waals surface area contributed by atoms with Gasteiger partial charge in [-0.15, -0.1) is 0 Å². The summed E-state index contributed by atoms with van der Waals surface area (Å²) in [5.74, 6) is -2.19. The number of hydrogen-bond donors (Lipinski definition) is 0. The van der Waals surface area contributed by atoms with Crippen molar-refractivity contribution in [2.75, 3.05) is 6.67 Å². The summed E-state index contributed by atoms with van der Waals surface area (Å²) in [6, 6.07) is 3.77. The molecular weight excluding hydrogens is 330 g/mol. The van der Waals surface area contributed by atoms with E-state index in [0.29, 0.717) is 0 Å². The largest absolute Gasteiger partial charge is 0.424 e. The average molecular weight is 346 g/mol. The van der Waals surface area contributed by atoms with E-state index in [9.17, 15) is 18.4 Å². The maximum Gasteiger partial charge on any atom is 0.335 e. The second-order valence-corrected chi connectivity index (χ2v) is 4.51. The maximum atomic E-state index is 14.1. The second kappa shape index (κ2) is 9.77. The molecule has 0 aliphatic heterocycles. The first-order valence-corrected chi connectivity index (χ1v) is 7.02. The molecule has 0 heterocycles. The van der Waals surface area contributed by atoms with Gasteiger partial charge < -0.3 is 9.47 Å². The van der Waals surface area contributed by atoms with Gasteiger partial charge in [0.05, 0.1) is 0 Å². The Labute approximate surface area is 144 Å². The first-order valence-electron chi connectivity index (χ1n) is 7.02. The number of ether oxygens (including phenoxy) is 2. The molecule has 130 valence electrons. The molecule has 25 heavy (non-hydrogen) atoms. The lowest BCUT2D eigenvalue weighted by molar-refractivity contribution is -0.133. The van der Waals surface area contributed by atoms with Crippen molar-refractivity contribution in [3.63, 3.8) is 0 Å². The number of rotatable bonds is 8. The lowest BCUT2D eigenvalue weighted by atomic mass is 10.1. The number of hydrogen-bond acceptors (Lipinski definition) is 4. The van der Waals surface area contributed by atoms with Gasteiger partial charge in [-0.25, -0.2) is 18.4 Å². The van der Waals surface area contributed by atoms with Crippen LogP contribution in [0.5, 0.6) is 5.75 Å². The van der Waals surface area contributed by atoms with Crippen LogP contribution in [0.1, 0.15) is 5.56 Å². The molecule has 0 saturated heterocycles. The van der Waals surface area contributed by atoms with Gasteiger partial charge in [-0.1, -0.05) is 25.8 Å². The summed E-state index contributed by atoms with van der Waals surface area (Å²) in [6.45, 7) is 9.31. The fourth-order valence-corrected chi connectivity index (χ4v) is 1.63. The van der Waals surface area contributed by atoms with E-state index in [0.717, 1.165) is 24.3 Å². The summed E-state index contributed by atoms with van der Waals surface area (Å²) in [5.41, 5.74) is 0.364. The first-order chi connectivity index (χ1) is 11.9. The summed E-state index contributed by atoms with van der Waals surface area (Å²) in [6.07, 6.45) is 5.54. The first kappa shape index (κ1) is 19.8. The van der Waals surface area contributed by atoms with E-state index in [1.165, 1.54) is 24.3 Å². The molecule has 1 aromatic rings. The Morgan fingerprint density at radius 2 is 1.80 bits per heavy atom. The molecule has 0 fully saturated rings. The molecule has 0 aromatic heterocycles. The van der Waals surface area contributed by atoms with E-state index in [-0.39, 0.29) is 22.6 Å². The second-order valence-electron chi connectivity index (χ2n) is 4.51. The Morgan fingerprint density at radius 1 is 1.12 bits per heavy atom. The molecule has 0 aliphatic rings. The van der Waals surface area contributed by atoms with E-state index < -0.39 is 24.4 Å². The number of halogens is 2. The molecule has 0 saturated carbocycles. The highest BCUT2D eigenvalue weighted by atomic mass is 19.1. The lowest BCUT2D eigenvalue weighted by Gasteiger charge is -2.07. The van der Waals surface area contributed by atoms with Gasteiger partial charge in [-0.05, 0) is 29.9 Å². The molecule has 0 bridgehead atoms. The van der Waals surface area contributed by atoms with Gasteiger partial charge in [0, 0.05) is 23.8 Å². The highest BCUT2D eigenvalue weighted by Crippen LogP contribution is 2.23. The monoisotopic (exact) mass is 346 g/mol. The number of carbonyl (C=O) groups is 2. The molecule has 0 N–H and O–H groups in total. The van der Waals surface area contributed by atoms with Gasteiger partial charge in [0.1, 0.15) is 24.0 Å². The van der Waals surface area contributed by atoms with Crippen LogP contribution in [-0.2, 0) is 14.3 Å². The fourth-order valence-electron chi connectivity index (χ4n) is 1.63. The normalized spacial score (nSPS) is 11.0. The van der Waals surface area contributed by atoms with Crippen LogP contribution in [0.15, 0.2) is 74.1 Å². The molecule has 4 nitrogen and oxygen atoms in total. The Balaban J connectivity index is 2.93. The third-order valence-corrected chi connectivity index (χ3v) is 2.78. The van der Waals surface area contributed by atoms with Crippen molar-refractivity contribution in [1.82, 2.24) is 0 Å². The molecule has 0 atom stereocenters. The Morgan fingerprint density at radius 3 is 2.36 bits per heavy atom. The molecular formula is C19H16F2O4. The SMILES string of the molecule is C=CC(=O)OC(/C=C\C(=C)c1ccc(OC(=O)C=C)cc1F)=C/CF. The number of esters is 2. The highest BCUT2D eigenvalue weighted by Gasteiger charge is 2.08. The summed E-state index contributed by atoms with van der Waals surface area (Å²) < 4.78 is 36.1. The smallest absolute Gasteiger partial charge is 0.335 e. The summed E-state index contributed by atoms with van der Waals surface area (Å²) in [5, 5.41) is 0. The van der Waals surface area contributed by atoms with E-state index in [1.807, 2.05) is 0 Å². The van der Waals surface area contributed by atoms with Crippen molar-refractivity contribution < 1.29 is 27.8 Å². The van der Waals surface area contributed by atoms with Crippen LogP contribution < -0.4 is 4.74 Å². The van der Waals surface area contributed by atoms with Crippen LogP contribution >= 0.6 is 0 Å². The zero-order valence-electron chi connectivity index (χ0n) is 13.3. The molecule has 6 heteroatoms. The molecule has 1 aromatic carbocycles. The van der Waals surface area contributed by atoms with E-state index >= 15 is 0 Å². The predicted octanol–water partition coefficient (Wildman–Crippen LogP) is 4.07. The predicted molar refractivity (Wildman–Crippen MR) is 90.8 cm³/mol. The van der Waals surface area contributed by atoms with Crippen molar-refractivity contribution in [3.05, 3.63) is 85.5 Å². The van der Waals surface area contributed by atoms with Crippen LogP contribution in [0.25, 0.3) is 5.57 Å². The van der Waals surface area contributed by atoms with Crippen LogP contribution in [-0.4, -0.2) is 18.6 Å². The number of carbonyl (C=O) groups excluding carboxylic acids is 2. The van der Waals surface area contributed by atoms with Crippen molar-refractivity contribution in [2.24, 2.45) is 0 Å². The molecule has 0 unspecified atom stereocenters. The van der Waals surface area contributed by atoms with E-state index in [2.05, 4.69) is 19.7 Å². The minimum atomic E-state index is -0.853. The molecule has 0 radical (unpaired) electrons. The third-order valence-electron chi connectivity index (χ3n) is 2.78. The topological polar surface area (TPSA) is 52.6 Å². The van der Waals surface area contributed by atoms with Gasteiger partial charge in [0.2, 0.25) is 0 Å². The van der Waals surface area contributed by atoms with Gasteiger partial charge in [-0.3, -0.25) is 0 Å². The molecule has 1 rings (SSSR count). The zero-order valence-corrected chi connectivity index (χ0v) is 13.3. The third kappa shape index (κ3) is 6.39. The maximum absolute atomic E-state index is 14.1. The standard InChI is InChI=1S/C19H16F2O4/c1-4-18(22)24-14(10-11-20)7-6-13(3)16-9-8-15(12-17(16)21)25-19(23)5-2/h4-10,12H,1-3,11H2/b7-6-,14-10+. The summed E-state index contributed by atoms with van der Waals surface area (Å²) in [4.78, 5) is 22.2. The van der Waals surface area contributed by atoms with Gasteiger partial charge in [0.15, 0.2) is 0 Å². The fraction of sp³-hybridized carbons (Fsp3) is 0.0526. The summed E-state index contributed by atoms with van der Waals surface area (Å²) in [7, 11) is 0. The van der Waals surface area contributed by atoms with Crippen LogP contribution in [0.4, 0.5) is 8.78 Å². The van der Waals surface area contributed by atoms with Crippen molar-refractivity contribution in [2.45, 2.75) is 0 Å². The Bertz CT molecular complexity index is 761. The molecule has 0 aliphatic carbocycles. The molecule has 0 amide bonds. The minimum Gasteiger partial charge on any atom is -0.424 e. The van der Waals surface area contributed by atoms with Gasteiger partial charge in [0.25, 0.3) is 0 Å². The minimum absolute atomic E-state index is 0.0147. The van der Waals surface area contributed by atoms with Gasteiger partial charge in [-0.2, -0.15) is 0 Å². The van der Waals surface area contributed by atoms with E-state index in [1.54, 1.807) is 0 Å². The number of benzene rings is 1. The quantitative estimate of drug-likeness (QED) is 0.234. The highest BCUT2D eigenvalue weighted by molar-refractivity contribution is 5.84. The Kier molecular flexibility index (Phi) is 7.72. The lowest BCUT2D eigenvalue weighted by Crippen LogP contribution is -2.03. The van der Waals surface area contributed by atoms with Gasteiger partial charge >= 0.3 is 11.9 Å². The van der Waals surface area contributed by atoms with Crippen LogP contribution in [0.2, 0.25) is 0 Å². The van der Waals surface area contributed by atoms with Crippen LogP contribution in [0.3, 0.4) is 0 Å². The summed E-state index contributed by atoms with van der Waals surface area (Å²) >= 11 is 0. The Hall–Kier alpha value is -3.28. The van der Waals surface area contributed by atoms with Crippen molar-refractivity contribution in [3.8, 4) is 5.75 Å². The average Bonchev–Trinajstić information content (AvgIpc) is 2.59. The van der Waals surface area contributed by atoms with Crippen molar-refractivity contribution >= 4 is 17.5 Å². The van der Waals surface area contributed by atoms with Crippen LogP contribution in [0, 0.1) is 5.82 Å². The molecule has 0 spiro atoms. The van der Waals surface area contributed by atoms with Crippen molar-refractivity contribution in [1.29, 1.82) is 0 Å². The number of alkyl halides is 1.